The SMILES string of the molecule is O=C1CCC2=C1[C@H](c1ccc(F)c(C(F)(F)F)c1)C1=C(COC1=O)N2. The fraction of sp³-hybridized carbons (Fsp3) is 0.294. The van der Waals surface area contributed by atoms with E-state index in [0.29, 0.717) is 29.9 Å². The van der Waals surface area contributed by atoms with Crippen LogP contribution < -0.4 is 5.32 Å². The predicted octanol–water partition coefficient (Wildman–Crippen LogP) is 2.96. The molecule has 0 saturated heterocycles. The lowest BCUT2D eigenvalue weighted by Crippen LogP contribution is -2.27. The molecule has 2 aliphatic heterocycles. The minimum Gasteiger partial charge on any atom is -0.456 e. The van der Waals surface area contributed by atoms with E-state index in [1.54, 1.807) is 0 Å². The molecule has 2 heterocycles. The molecule has 4 nitrogen and oxygen atoms in total. The van der Waals surface area contributed by atoms with Crippen LogP contribution in [-0.2, 0) is 20.5 Å². The summed E-state index contributed by atoms with van der Waals surface area (Å²) in [6, 6.07) is 2.55. The first-order chi connectivity index (χ1) is 11.8. The summed E-state index contributed by atoms with van der Waals surface area (Å²) in [5.74, 6) is -3.30. The molecule has 0 fully saturated rings. The molecule has 4 rings (SSSR count). The van der Waals surface area contributed by atoms with Gasteiger partial charge in [-0.25, -0.2) is 9.18 Å². The summed E-state index contributed by atoms with van der Waals surface area (Å²) < 4.78 is 57.7. The summed E-state index contributed by atoms with van der Waals surface area (Å²) in [7, 11) is 0. The fourth-order valence-electron chi connectivity index (χ4n) is 3.55. The zero-order chi connectivity index (χ0) is 17.9. The van der Waals surface area contributed by atoms with E-state index in [2.05, 4.69) is 5.32 Å². The van der Waals surface area contributed by atoms with Gasteiger partial charge in [-0.1, -0.05) is 6.07 Å². The van der Waals surface area contributed by atoms with E-state index in [1.165, 1.54) is 6.07 Å². The van der Waals surface area contributed by atoms with Gasteiger partial charge in [0.25, 0.3) is 0 Å². The van der Waals surface area contributed by atoms with Gasteiger partial charge in [-0.05, 0) is 24.1 Å². The highest BCUT2D eigenvalue weighted by Crippen LogP contribution is 2.46. The quantitative estimate of drug-likeness (QED) is 0.623. The minimum atomic E-state index is -4.88. The number of benzene rings is 1. The molecule has 0 radical (unpaired) electrons. The maximum absolute atomic E-state index is 13.6. The Morgan fingerprint density at radius 1 is 1.08 bits per heavy atom. The van der Waals surface area contributed by atoms with Crippen LogP contribution in [0, 0.1) is 5.82 Å². The third-order valence-corrected chi connectivity index (χ3v) is 4.63. The van der Waals surface area contributed by atoms with Gasteiger partial charge in [-0.15, -0.1) is 0 Å². The Bertz CT molecular complexity index is 842. The summed E-state index contributed by atoms with van der Waals surface area (Å²) in [4.78, 5) is 24.4. The van der Waals surface area contributed by atoms with Gasteiger partial charge in [0.1, 0.15) is 12.4 Å². The van der Waals surface area contributed by atoms with Crippen LogP contribution in [0.25, 0.3) is 0 Å². The standard InChI is InChI=1S/C17H11F4NO3/c18-9-2-1-7(5-8(9)17(19,20)21)13-14-10(3-4-12(14)23)22-11-6-25-16(24)15(11)13/h1-2,5,13,22H,3-4,6H2/t13-/m0/s1. The summed E-state index contributed by atoms with van der Waals surface area (Å²) >= 11 is 0. The van der Waals surface area contributed by atoms with Crippen LogP contribution in [0.4, 0.5) is 17.6 Å². The van der Waals surface area contributed by atoms with Gasteiger partial charge in [0.05, 0.1) is 16.8 Å². The number of carbonyl (C=O) groups excluding carboxylic acids is 2. The second-order valence-corrected chi connectivity index (χ2v) is 6.08. The smallest absolute Gasteiger partial charge is 0.419 e. The zero-order valence-electron chi connectivity index (χ0n) is 12.7. The molecular formula is C17H11F4NO3. The summed E-state index contributed by atoms with van der Waals surface area (Å²) in [5, 5.41) is 2.99. The van der Waals surface area contributed by atoms with Crippen LogP contribution in [0.2, 0.25) is 0 Å². The molecule has 0 amide bonds. The molecule has 25 heavy (non-hydrogen) atoms. The van der Waals surface area contributed by atoms with Crippen molar-refractivity contribution in [3.05, 3.63) is 57.7 Å². The van der Waals surface area contributed by atoms with Crippen LogP contribution in [0.1, 0.15) is 29.9 Å². The number of allylic oxidation sites excluding steroid dienone is 2. The van der Waals surface area contributed by atoms with Crippen LogP contribution in [0.5, 0.6) is 0 Å². The van der Waals surface area contributed by atoms with Gasteiger partial charge < -0.3 is 10.1 Å². The topological polar surface area (TPSA) is 55.4 Å². The maximum atomic E-state index is 13.6. The lowest BCUT2D eigenvalue weighted by molar-refractivity contribution is -0.140. The minimum absolute atomic E-state index is 0.0248. The highest BCUT2D eigenvalue weighted by atomic mass is 19.4. The zero-order valence-corrected chi connectivity index (χ0v) is 12.7. The molecular weight excluding hydrogens is 342 g/mol. The van der Waals surface area contributed by atoms with Crippen molar-refractivity contribution in [3.63, 3.8) is 0 Å². The number of carbonyl (C=O) groups is 2. The normalized spacial score (nSPS) is 22.8. The Hall–Kier alpha value is -2.64. The molecule has 1 atom stereocenters. The summed E-state index contributed by atoms with van der Waals surface area (Å²) in [6.07, 6.45) is -4.24. The Morgan fingerprint density at radius 3 is 2.56 bits per heavy atom. The molecule has 1 N–H and O–H groups in total. The number of esters is 1. The second-order valence-electron chi connectivity index (χ2n) is 6.08. The number of cyclic esters (lactones) is 1. The number of ketones is 1. The van der Waals surface area contributed by atoms with Crippen molar-refractivity contribution in [2.45, 2.75) is 24.9 Å². The number of dihydropyridines is 1. The number of rotatable bonds is 1. The monoisotopic (exact) mass is 353 g/mol. The van der Waals surface area contributed by atoms with Gasteiger partial charge in [0, 0.05) is 23.6 Å². The van der Waals surface area contributed by atoms with E-state index in [9.17, 15) is 27.2 Å². The van der Waals surface area contributed by atoms with E-state index >= 15 is 0 Å². The summed E-state index contributed by atoms with van der Waals surface area (Å²) in [6.45, 7) is -0.0248. The number of halogens is 4. The number of nitrogens with one attached hydrogen (secondary N) is 1. The molecule has 130 valence electrons. The number of ether oxygens (including phenoxy) is 1. The predicted molar refractivity (Wildman–Crippen MR) is 76.5 cm³/mol. The molecule has 0 bridgehead atoms. The number of hydrogen-bond acceptors (Lipinski definition) is 4. The molecule has 8 heteroatoms. The summed E-state index contributed by atoms with van der Waals surface area (Å²) in [5.41, 5.74) is 0.0336. The van der Waals surface area contributed by atoms with Crippen molar-refractivity contribution in [1.29, 1.82) is 0 Å². The van der Waals surface area contributed by atoms with Crippen LogP contribution in [-0.4, -0.2) is 18.4 Å². The molecule has 0 aromatic heterocycles. The molecule has 0 unspecified atom stereocenters. The lowest BCUT2D eigenvalue weighted by Gasteiger charge is -2.26. The Kier molecular flexibility index (Phi) is 3.28. The third kappa shape index (κ3) is 2.35. The Balaban J connectivity index is 1.90. The van der Waals surface area contributed by atoms with Crippen molar-refractivity contribution in [3.8, 4) is 0 Å². The van der Waals surface area contributed by atoms with E-state index < -0.39 is 29.4 Å². The van der Waals surface area contributed by atoms with E-state index in [1.807, 2.05) is 0 Å². The first-order valence-corrected chi connectivity index (χ1v) is 7.57. The van der Waals surface area contributed by atoms with Gasteiger partial charge in [0.2, 0.25) is 0 Å². The average molecular weight is 353 g/mol. The van der Waals surface area contributed by atoms with Crippen molar-refractivity contribution < 1.29 is 31.9 Å². The highest BCUT2D eigenvalue weighted by molar-refractivity contribution is 6.05. The molecule has 1 aromatic carbocycles. The van der Waals surface area contributed by atoms with Crippen LogP contribution >= 0.6 is 0 Å². The Labute approximate surface area is 139 Å². The fourth-order valence-corrected chi connectivity index (χ4v) is 3.55. The first kappa shape index (κ1) is 15.9. The van der Waals surface area contributed by atoms with Gasteiger partial charge >= 0.3 is 12.1 Å². The number of alkyl halides is 3. The highest BCUT2D eigenvalue weighted by Gasteiger charge is 2.44. The van der Waals surface area contributed by atoms with E-state index in [-0.39, 0.29) is 35.5 Å². The molecule has 3 aliphatic rings. The average Bonchev–Trinajstić information content (AvgIpc) is 3.09. The van der Waals surface area contributed by atoms with Crippen molar-refractivity contribution in [2.24, 2.45) is 0 Å². The van der Waals surface area contributed by atoms with Gasteiger partial charge in [0.15, 0.2) is 5.78 Å². The maximum Gasteiger partial charge on any atom is 0.419 e. The van der Waals surface area contributed by atoms with E-state index in [4.69, 9.17) is 4.74 Å². The van der Waals surface area contributed by atoms with Gasteiger partial charge in [-0.2, -0.15) is 13.2 Å². The van der Waals surface area contributed by atoms with Crippen molar-refractivity contribution in [1.82, 2.24) is 5.32 Å². The lowest BCUT2D eigenvalue weighted by atomic mass is 9.80. The van der Waals surface area contributed by atoms with Crippen molar-refractivity contribution >= 4 is 11.8 Å². The van der Waals surface area contributed by atoms with Crippen molar-refractivity contribution in [2.75, 3.05) is 6.61 Å². The van der Waals surface area contributed by atoms with Crippen LogP contribution in [0.15, 0.2) is 40.7 Å². The second kappa shape index (κ2) is 5.18. The van der Waals surface area contributed by atoms with Crippen LogP contribution in [0.3, 0.4) is 0 Å². The largest absolute Gasteiger partial charge is 0.456 e. The molecule has 0 saturated carbocycles. The Morgan fingerprint density at radius 2 is 1.84 bits per heavy atom. The number of Topliss-reactive ketones (excluding diaryl/α,β-unsaturated/α-hetero) is 1. The van der Waals surface area contributed by atoms with Gasteiger partial charge in [-0.3, -0.25) is 4.79 Å². The number of hydrogen-bond donors (Lipinski definition) is 1. The first-order valence-electron chi connectivity index (χ1n) is 7.57. The molecule has 1 aliphatic carbocycles. The van der Waals surface area contributed by atoms with E-state index in [0.717, 1.165) is 0 Å². The molecule has 1 aromatic rings. The molecule has 0 spiro atoms. The third-order valence-electron chi connectivity index (χ3n) is 4.63.